The molecule has 2 N–H and O–H groups in total. The fourth-order valence-corrected chi connectivity index (χ4v) is 1.80. The molecule has 0 aromatic heterocycles. The van der Waals surface area contributed by atoms with E-state index in [0.717, 1.165) is 16.9 Å². The van der Waals surface area contributed by atoms with Gasteiger partial charge in [0.05, 0.1) is 0 Å². The van der Waals surface area contributed by atoms with E-state index < -0.39 is 5.91 Å². The van der Waals surface area contributed by atoms with Crippen molar-refractivity contribution in [3.63, 3.8) is 0 Å². The summed E-state index contributed by atoms with van der Waals surface area (Å²) in [5.41, 5.74) is 1.48. The molecule has 0 saturated carbocycles. The third kappa shape index (κ3) is 5.64. The molecule has 0 unspecified atom stereocenters. The Labute approximate surface area is 132 Å². The number of amides is 2. The standard InChI is InChI=1S/C16H21BN2O3/c1-10-8-12(6-7-14(10)22-16(3,4)5)9-13(15(21)19-17)18-11(2)20/h6-9H,1-5H3,(H,18,20)(H,19,21)/b13-9-. The minimum atomic E-state index is -0.567. The Bertz CT molecular complexity index is 604. The Morgan fingerprint density at radius 3 is 2.36 bits per heavy atom. The number of rotatable bonds is 4. The summed E-state index contributed by atoms with van der Waals surface area (Å²) in [6, 6.07) is 5.50. The Kier molecular flexibility index (Phi) is 5.80. The van der Waals surface area contributed by atoms with Gasteiger partial charge in [0.15, 0.2) is 0 Å². The predicted octanol–water partition coefficient (Wildman–Crippen LogP) is 1.85. The number of benzene rings is 1. The van der Waals surface area contributed by atoms with Crippen molar-refractivity contribution in [2.45, 2.75) is 40.2 Å². The van der Waals surface area contributed by atoms with E-state index >= 15 is 0 Å². The highest BCUT2D eigenvalue weighted by Crippen LogP contribution is 2.24. The van der Waals surface area contributed by atoms with E-state index in [0.29, 0.717) is 0 Å². The summed E-state index contributed by atoms with van der Waals surface area (Å²) in [5, 5.41) is 4.45. The normalized spacial score (nSPS) is 11.8. The zero-order valence-corrected chi connectivity index (χ0v) is 13.6. The molecule has 0 fully saturated rings. The minimum Gasteiger partial charge on any atom is -0.488 e. The molecule has 2 radical (unpaired) electrons. The predicted molar refractivity (Wildman–Crippen MR) is 87.3 cm³/mol. The largest absolute Gasteiger partial charge is 0.488 e. The second kappa shape index (κ2) is 7.16. The number of hydrogen-bond donors (Lipinski definition) is 2. The molecule has 1 aromatic rings. The molecule has 1 aromatic carbocycles. The van der Waals surface area contributed by atoms with Crippen LogP contribution in [0, 0.1) is 6.92 Å². The highest BCUT2D eigenvalue weighted by molar-refractivity contribution is 6.19. The molecule has 1 rings (SSSR count). The van der Waals surface area contributed by atoms with Gasteiger partial charge in [-0.3, -0.25) is 9.59 Å². The number of aryl methyl sites for hydroxylation is 1. The Morgan fingerprint density at radius 1 is 1.27 bits per heavy atom. The molecule has 5 nitrogen and oxygen atoms in total. The highest BCUT2D eigenvalue weighted by Gasteiger charge is 2.14. The zero-order chi connectivity index (χ0) is 16.9. The Morgan fingerprint density at radius 2 is 1.91 bits per heavy atom. The molecule has 116 valence electrons. The summed E-state index contributed by atoms with van der Waals surface area (Å²) < 4.78 is 5.84. The molecule has 6 heteroatoms. The van der Waals surface area contributed by atoms with Crippen LogP contribution in [0.4, 0.5) is 0 Å². The van der Waals surface area contributed by atoms with Crippen LogP contribution in [0.5, 0.6) is 5.75 Å². The lowest BCUT2D eigenvalue weighted by Gasteiger charge is -2.22. The Balaban J connectivity index is 3.10. The van der Waals surface area contributed by atoms with Crippen LogP contribution in [0.3, 0.4) is 0 Å². The molecule has 22 heavy (non-hydrogen) atoms. The maximum absolute atomic E-state index is 11.6. The van der Waals surface area contributed by atoms with Gasteiger partial charge in [0.25, 0.3) is 5.91 Å². The van der Waals surface area contributed by atoms with E-state index in [9.17, 15) is 9.59 Å². The molecular formula is C16H21BN2O3. The van der Waals surface area contributed by atoms with Crippen LogP contribution in [-0.4, -0.2) is 25.4 Å². The van der Waals surface area contributed by atoms with Crippen molar-refractivity contribution in [3.05, 3.63) is 35.0 Å². The van der Waals surface area contributed by atoms with E-state index in [1.165, 1.54) is 6.92 Å². The third-order valence-corrected chi connectivity index (χ3v) is 2.61. The molecule has 0 spiro atoms. The molecule has 0 aliphatic heterocycles. The first kappa shape index (κ1) is 17.8. The van der Waals surface area contributed by atoms with Crippen LogP contribution in [0.1, 0.15) is 38.8 Å². The van der Waals surface area contributed by atoms with Crippen molar-refractivity contribution in [1.29, 1.82) is 0 Å². The average Bonchev–Trinajstić information content (AvgIpc) is 2.38. The van der Waals surface area contributed by atoms with E-state index in [1.807, 2.05) is 45.1 Å². The SMILES string of the molecule is [B]NC(=O)/C(=C/c1ccc(OC(C)(C)C)c(C)c1)NC(C)=O. The van der Waals surface area contributed by atoms with Crippen molar-refractivity contribution < 1.29 is 14.3 Å². The summed E-state index contributed by atoms with van der Waals surface area (Å²) in [6.45, 7) is 9.16. The summed E-state index contributed by atoms with van der Waals surface area (Å²) in [6.07, 6.45) is 1.55. The number of hydrogen-bond acceptors (Lipinski definition) is 3. The van der Waals surface area contributed by atoms with Crippen LogP contribution < -0.4 is 15.3 Å². The maximum Gasteiger partial charge on any atom is 0.255 e. The first-order valence-corrected chi connectivity index (χ1v) is 6.92. The first-order valence-electron chi connectivity index (χ1n) is 6.92. The van der Waals surface area contributed by atoms with Gasteiger partial charge >= 0.3 is 0 Å². The van der Waals surface area contributed by atoms with Crippen LogP contribution in [0.15, 0.2) is 23.9 Å². The van der Waals surface area contributed by atoms with Gasteiger partial charge in [-0.15, -0.1) is 0 Å². The lowest BCUT2D eigenvalue weighted by Crippen LogP contribution is -2.32. The third-order valence-electron chi connectivity index (χ3n) is 2.61. The molecule has 0 aliphatic carbocycles. The molecule has 0 atom stereocenters. The second-order valence-corrected chi connectivity index (χ2v) is 5.95. The molecular weight excluding hydrogens is 279 g/mol. The fraction of sp³-hybridized carbons (Fsp3) is 0.375. The van der Waals surface area contributed by atoms with Crippen molar-refractivity contribution in [2.24, 2.45) is 0 Å². The summed E-state index contributed by atoms with van der Waals surface area (Å²) in [5.74, 6) is -0.142. The number of carbonyl (C=O) groups is 2. The summed E-state index contributed by atoms with van der Waals surface area (Å²) in [7, 11) is 5.11. The number of ether oxygens (including phenoxy) is 1. The van der Waals surface area contributed by atoms with Crippen molar-refractivity contribution in [3.8, 4) is 5.75 Å². The van der Waals surface area contributed by atoms with E-state index in [-0.39, 0.29) is 17.2 Å². The van der Waals surface area contributed by atoms with Gasteiger partial charge < -0.3 is 15.3 Å². The molecule has 0 aliphatic rings. The van der Waals surface area contributed by atoms with Crippen LogP contribution in [-0.2, 0) is 9.59 Å². The van der Waals surface area contributed by atoms with Gasteiger partial charge in [-0.25, -0.2) is 0 Å². The monoisotopic (exact) mass is 300 g/mol. The average molecular weight is 300 g/mol. The van der Waals surface area contributed by atoms with Crippen LogP contribution >= 0.6 is 0 Å². The highest BCUT2D eigenvalue weighted by atomic mass is 16.5. The quantitative estimate of drug-likeness (QED) is 0.658. The summed E-state index contributed by atoms with van der Waals surface area (Å²) in [4.78, 5) is 22.8. The number of carbonyl (C=O) groups excluding carboxylic acids is 2. The summed E-state index contributed by atoms with van der Waals surface area (Å²) >= 11 is 0. The lowest BCUT2D eigenvalue weighted by atomic mass is 10.1. The van der Waals surface area contributed by atoms with Crippen molar-refractivity contribution in [1.82, 2.24) is 10.5 Å². The molecule has 0 heterocycles. The fourth-order valence-electron chi connectivity index (χ4n) is 1.80. The van der Waals surface area contributed by atoms with Gasteiger partial charge in [0, 0.05) is 6.92 Å². The molecule has 0 saturated heterocycles. The van der Waals surface area contributed by atoms with Gasteiger partial charge in [-0.1, -0.05) is 6.07 Å². The van der Waals surface area contributed by atoms with E-state index in [1.54, 1.807) is 12.1 Å². The second-order valence-electron chi connectivity index (χ2n) is 5.95. The van der Waals surface area contributed by atoms with Crippen LogP contribution in [0.25, 0.3) is 6.08 Å². The van der Waals surface area contributed by atoms with Crippen molar-refractivity contribution in [2.75, 3.05) is 0 Å². The number of nitrogens with one attached hydrogen (secondary N) is 2. The van der Waals surface area contributed by atoms with Gasteiger partial charge in [-0.05, 0) is 57.0 Å². The minimum absolute atomic E-state index is 0.0823. The van der Waals surface area contributed by atoms with Crippen molar-refractivity contribution >= 4 is 25.9 Å². The smallest absolute Gasteiger partial charge is 0.255 e. The Hall–Kier alpha value is -2.24. The van der Waals surface area contributed by atoms with Gasteiger partial charge in [-0.2, -0.15) is 0 Å². The molecule has 0 bridgehead atoms. The van der Waals surface area contributed by atoms with E-state index in [2.05, 4.69) is 5.32 Å². The topological polar surface area (TPSA) is 67.4 Å². The first-order chi connectivity index (χ1) is 10.1. The van der Waals surface area contributed by atoms with Gasteiger partial charge in [0.2, 0.25) is 13.9 Å². The van der Waals surface area contributed by atoms with Gasteiger partial charge in [0.1, 0.15) is 17.0 Å². The van der Waals surface area contributed by atoms with Crippen LogP contribution in [0.2, 0.25) is 0 Å². The van der Waals surface area contributed by atoms with E-state index in [4.69, 9.17) is 12.7 Å². The zero-order valence-electron chi connectivity index (χ0n) is 13.6. The maximum atomic E-state index is 11.6. The lowest BCUT2D eigenvalue weighted by molar-refractivity contribution is -0.121. The molecule has 2 amide bonds.